The van der Waals surface area contributed by atoms with Crippen LogP contribution in [0.2, 0.25) is 0 Å². The molecule has 2 aromatic heterocycles. The molecule has 3 atom stereocenters. The Kier molecular flexibility index (Phi) is 5.67. The van der Waals surface area contributed by atoms with Gasteiger partial charge >= 0.3 is 5.97 Å². The second-order valence-corrected chi connectivity index (χ2v) is 11.1. The molecule has 2 aliphatic rings. The molecule has 3 N–H and O–H groups in total. The summed E-state index contributed by atoms with van der Waals surface area (Å²) in [5.74, 6) is -1.33. The van der Waals surface area contributed by atoms with Crippen LogP contribution in [0.1, 0.15) is 44.7 Å². The maximum absolute atomic E-state index is 13.3. The molecule has 0 spiro atoms. The smallest absolute Gasteiger partial charge is 0.326 e. The van der Waals surface area contributed by atoms with Gasteiger partial charge in [-0.3, -0.25) is 4.79 Å². The van der Waals surface area contributed by atoms with Crippen LogP contribution in [-0.2, 0) is 9.59 Å². The van der Waals surface area contributed by atoms with Crippen molar-refractivity contribution in [2.75, 3.05) is 0 Å². The molecule has 6 rings (SSSR count). The SMILES string of the molecule is Cc1ccc2[nH]c3c(Br)c2c1-c1cccc-3c1-c1nnnn1C1CCCC1C(=O)N[C@H](C(=O)O)C(C)C. The lowest BCUT2D eigenvalue weighted by molar-refractivity contribution is -0.144. The van der Waals surface area contributed by atoms with E-state index in [1.54, 1.807) is 18.5 Å². The number of aliphatic carboxylic acids is 1. The quantitative estimate of drug-likeness (QED) is 0.264. The van der Waals surface area contributed by atoms with Crippen molar-refractivity contribution in [1.29, 1.82) is 0 Å². The molecule has 1 amide bonds. The molecule has 2 aromatic carbocycles. The number of carbonyl (C=O) groups excluding carboxylic acids is 1. The minimum atomic E-state index is -1.03. The number of aryl methyl sites for hydroxylation is 1. The number of H-pyrrole nitrogens is 1. The Morgan fingerprint density at radius 1 is 1.16 bits per heavy atom. The van der Waals surface area contributed by atoms with E-state index in [9.17, 15) is 14.7 Å². The third kappa shape index (κ3) is 3.60. The maximum Gasteiger partial charge on any atom is 0.326 e. The lowest BCUT2D eigenvalue weighted by Gasteiger charge is -2.24. The fraction of sp³-hybridized carbons (Fsp3) is 0.370. The van der Waals surface area contributed by atoms with E-state index in [0.29, 0.717) is 12.2 Å². The molecular weight excluding hydrogens is 536 g/mol. The van der Waals surface area contributed by atoms with Crippen molar-refractivity contribution in [1.82, 2.24) is 30.5 Å². The predicted octanol–water partition coefficient (Wildman–Crippen LogP) is 5.11. The number of carboxylic acids is 1. The van der Waals surface area contributed by atoms with E-state index in [2.05, 4.69) is 72.9 Å². The Morgan fingerprint density at radius 3 is 2.70 bits per heavy atom. The zero-order valence-corrected chi connectivity index (χ0v) is 22.3. The molecule has 4 bridgehead atoms. The molecule has 9 nitrogen and oxygen atoms in total. The number of amides is 1. The number of benzene rings is 2. The predicted molar refractivity (Wildman–Crippen MR) is 143 cm³/mol. The van der Waals surface area contributed by atoms with Crippen molar-refractivity contribution >= 4 is 38.7 Å². The Hall–Kier alpha value is -3.53. The lowest BCUT2D eigenvalue weighted by atomic mass is 9.91. The highest BCUT2D eigenvalue weighted by Gasteiger charge is 2.39. The first-order valence-corrected chi connectivity index (χ1v) is 13.3. The van der Waals surface area contributed by atoms with Crippen molar-refractivity contribution in [3.05, 3.63) is 40.4 Å². The van der Waals surface area contributed by atoms with Gasteiger partial charge in [0.15, 0.2) is 5.82 Å². The van der Waals surface area contributed by atoms with Gasteiger partial charge < -0.3 is 15.4 Å². The van der Waals surface area contributed by atoms with Crippen molar-refractivity contribution in [3.8, 4) is 33.8 Å². The van der Waals surface area contributed by atoms with Gasteiger partial charge in [-0.2, -0.15) is 0 Å². The van der Waals surface area contributed by atoms with Gasteiger partial charge in [-0.15, -0.1) is 5.10 Å². The molecule has 37 heavy (non-hydrogen) atoms. The normalized spacial score (nSPS) is 18.9. The van der Waals surface area contributed by atoms with Crippen LogP contribution in [-0.4, -0.2) is 48.2 Å². The van der Waals surface area contributed by atoms with E-state index in [-0.39, 0.29) is 17.9 Å². The zero-order chi connectivity index (χ0) is 26.0. The van der Waals surface area contributed by atoms with Crippen molar-refractivity contribution in [3.63, 3.8) is 0 Å². The number of hydrogen-bond acceptors (Lipinski definition) is 5. The number of aromatic nitrogens is 5. The highest BCUT2D eigenvalue weighted by atomic mass is 79.9. The van der Waals surface area contributed by atoms with Gasteiger partial charge in [0.1, 0.15) is 6.04 Å². The first-order chi connectivity index (χ1) is 17.8. The first-order valence-electron chi connectivity index (χ1n) is 12.5. The molecule has 1 saturated carbocycles. The second kappa shape index (κ2) is 8.79. The number of rotatable bonds is 6. The Labute approximate surface area is 221 Å². The standard InChI is InChI=1S/C27H27BrN6O3/c1-12(2)23(27(36)37)30-26(35)14-6-5-9-18(14)34-25(31-32-33-34)20-15-7-4-8-16(20)24-22(28)21-17(29-24)11-10-13(3)19(15)21/h4,7-8,10-12,14,18,23,29H,5-6,9H2,1-3H3,(H,30,35)(H,36,37)/t14?,18?,23-/m0/s1. The topological polar surface area (TPSA) is 126 Å². The van der Waals surface area contributed by atoms with Crippen LogP contribution in [0, 0.1) is 18.8 Å². The van der Waals surface area contributed by atoms with Crippen LogP contribution >= 0.6 is 15.9 Å². The summed E-state index contributed by atoms with van der Waals surface area (Å²) in [6.07, 6.45) is 2.22. The van der Waals surface area contributed by atoms with E-state index >= 15 is 0 Å². The van der Waals surface area contributed by atoms with Crippen LogP contribution < -0.4 is 5.32 Å². The third-order valence-corrected chi connectivity index (χ3v) is 8.59. The van der Waals surface area contributed by atoms with Crippen LogP contribution in [0.15, 0.2) is 34.8 Å². The highest BCUT2D eigenvalue weighted by Crippen LogP contribution is 2.51. The Balaban J connectivity index is 1.45. The number of carbonyl (C=O) groups is 2. The largest absolute Gasteiger partial charge is 0.480 e. The van der Waals surface area contributed by atoms with Gasteiger partial charge in [0.25, 0.3) is 0 Å². The summed E-state index contributed by atoms with van der Waals surface area (Å²) >= 11 is 3.84. The number of halogens is 1. The van der Waals surface area contributed by atoms with Crippen molar-refractivity contribution < 1.29 is 14.7 Å². The lowest BCUT2D eigenvalue weighted by Crippen LogP contribution is -2.47. The third-order valence-electron chi connectivity index (χ3n) is 7.79. The summed E-state index contributed by atoms with van der Waals surface area (Å²) in [5.41, 5.74) is 7.24. The first kappa shape index (κ1) is 23.8. The van der Waals surface area contributed by atoms with E-state index in [0.717, 1.165) is 61.7 Å². The van der Waals surface area contributed by atoms with Crippen LogP contribution in [0.4, 0.5) is 0 Å². The average Bonchev–Trinajstić information content (AvgIpc) is 3.59. The number of carboxylic acid groups (broad SMARTS) is 1. The van der Waals surface area contributed by atoms with Gasteiger partial charge in [-0.1, -0.05) is 44.5 Å². The summed E-state index contributed by atoms with van der Waals surface area (Å²) in [7, 11) is 0. The monoisotopic (exact) mass is 562 g/mol. The van der Waals surface area contributed by atoms with Crippen molar-refractivity contribution in [2.45, 2.75) is 52.1 Å². The number of aromatic amines is 1. The van der Waals surface area contributed by atoms with Gasteiger partial charge in [-0.05, 0) is 74.8 Å². The highest BCUT2D eigenvalue weighted by molar-refractivity contribution is 9.10. The molecule has 0 aliphatic heterocycles. The van der Waals surface area contributed by atoms with E-state index in [1.807, 2.05) is 6.07 Å². The van der Waals surface area contributed by atoms with Crippen molar-refractivity contribution in [2.24, 2.45) is 11.8 Å². The van der Waals surface area contributed by atoms with Gasteiger partial charge in [0.2, 0.25) is 5.91 Å². The average molecular weight is 563 g/mol. The van der Waals surface area contributed by atoms with Gasteiger partial charge in [-0.25, -0.2) is 9.48 Å². The summed E-state index contributed by atoms with van der Waals surface area (Å²) in [5, 5.41) is 26.4. The Morgan fingerprint density at radius 2 is 1.95 bits per heavy atom. The molecule has 0 radical (unpaired) electrons. The Bertz CT molecular complexity index is 1570. The minimum Gasteiger partial charge on any atom is -0.480 e. The summed E-state index contributed by atoms with van der Waals surface area (Å²) in [6.45, 7) is 5.68. The fourth-order valence-electron chi connectivity index (χ4n) is 5.99. The number of hydrogen-bond donors (Lipinski definition) is 3. The maximum atomic E-state index is 13.3. The van der Waals surface area contributed by atoms with Crippen LogP contribution in [0.25, 0.3) is 44.7 Å². The number of fused-ring (bicyclic) bond motifs is 5. The molecule has 190 valence electrons. The molecule has 2 heterocycles. The molecule has 1 fully saturated rings. The number of tetrazole rings is 1. The molecule has 2 aliphatic carbocycles. The minimum absolute atomic E-state index is 0.226. The summed E-state index contributed by atoms with van der Waals surface area (Å²) in [4.78, 5) is 28.6. The number of nitrogens with one attached hydrogen (secondary N) is 2. The van der Waals surface area contributed by atoms with E-state index < -0.39 is 17.9 Å². The number of nitrogens with zero attached hydrogens (tertiary/aromatic N) is 4. The van der Waals surface area contributed by atoms with E-state index in [1.165, 1.54) is 0 Å². The fourth-order valence-corrected chi connectivity index (χ4v) is 6.72. The molecular formula is C27H27BrN6O3. The second-order valence-electron chi connectivity index (χ2n) is 10.3. The van der Waals surface area contributed by atoms with E-state index in [4.69, 9.17) is 0 Å². The molecule has 4 aromatic rings. The molecule has 2 unspecified atom stereocenters. The summed E-state index contributed by atoms with van der Waals surface area (Å²) in [6, 6.07) is 9.20. The zero-order valence-electron chi connectivity index (χ0n) is 20.7. The summed E-state index contributed by atoms with van der Waals surface area (Å²) < 4.78 is 2.79. The van der Waals surface area contributed by atoms with Crippen LogP contribution in [0.3, 0.4) is 0 Å². The van der Waals surface area contributed by atoms with Crippen LogP contribution in [0.5, 0.6) is 0 Å². The molecule has 0 saturated heterocycles. The van der Waals surface area contributed by atoms with Gasteiger partial charge in [0.05, 0.1) is 22.1 Å². The molecule has 10 heteroatoms. The van der Waals surface area contributed by atoms with Gasteiger partial charge in [0, 0.05) is 22.0 Å².